The Kier molecular flexibility index (Phi) is 2.25. The first kappa shape index (κ1) is 8.60. The van der Waals surface area contributed by atoms with E-state index in [0.29, 0.717) is 11.9 Å². The molecule has 1 aromatic rings. The van der Waals surface area contributed by atoms with Gasteiger partial charge < -0.3 is 10.3 Å². The SMILES string of the molecule is CC1CCCC(n2cnc(N)c2)C1. The van der Waals surface area contributed by atoms with Gasteiger partial charge in [-0.2, -0.15) is 0 Å². The summed E-state index contributed by atoms with van der Waals surface area (Å²) in [6.45, 7) is 2.33. The molecule has 0 aromatic carbocycles. The minimum Gasteiger partial charge on any atom is -0.382 e. The molecule has 72 valence electrons. The Morgan fingerprint density at radius 1 is 1.54 bits per heavy atom. The quantitative estimate of drug-likeness (QED) is 0.718. The van der Waals surface area contributed by atoms with Crippen molar-refractivity contribution in [3.8, 4) is 0 Å². The summed E-state index contributed by atoms with van der Waals surface area (Å²) in [4.78, 5) is 4.06. The van der Waals surface area contributed by atoms with E-state index in [1.54, 1.807) is 0 Å². The van der Waals surface area contributed by atoms with Crippen molar-refractivity contribution >= 4 is 5.82 Å². The zero-order chi connectivity index (χ0) is 9.26. The van der Waals surface area contributed by atoms with E-state index < -0.39 is 0 Å². The van der Waals surface area contributed by atoms with E-state index in [-0.39, 0.29) is 0 Å². The number of aromatic nitrogens is 2. The van der Waals surface area contributed by atoms with Gasteiger partial charge in [0, 0.05) is 12.2 Å². The third-order valence-corrected chi connectivity index (χ3v) is 2.95. The molecule has 3 nitrogen and oxygen atoms in total. The van der Waals surface area contributed by atoms with Gasteiger partial charge in [-0.25, -0.2) is 4.98 Å². The van der Waals surface area contributed by atoms with Crippen molar-refractivity contribution in [2.24, 2.45) is 5.92 Å². The lowest BCUT2D eigenvalue weighted by Gasteiger charge is -2.27. The summed E-state index contributed by atoms with van der Waals surface area (Å²) in [5, 5.41) is 0. The number of rotatable bonds is 1. The number of nitrogens with two attached hydrogens (primary N) is 1. The Hall–Kier alpha value is -0.990. The lowest BCUT2D eigenvalue weighted by Crippen LogP contribution is -2.16. The number of nitrogen functional groups attached to an aromatic ring is 1. The van der Waals surface area contributed by atoms with Crippen LogP contribution >= 0.6 is 0 Å². The molecule has 0 saturated heterocycles. The Morgan fingerprint density at radius 2 is 2.38 bits per heavy atom. The maximum absolute atomic E-state index is 5.59. The van der Waals surface area contributed by atoms with Gasteiger partial charge in [-0.3, -0.25) is 0 Å². The summed E-state index contributed by atoms with van der Waals surface area (Å²) in [6, 6.07) is 0.633. The van der Waals surface area contributed by atoms with Crippen LogP contribution in [0.2, 0.25) is 0 Å². The smallest absolute Gasteiger partial charge is 0.141 e. The van der Waals surface area contributed by atoms with Gasteiger partial charge in [0.25, 0.3) is 0 Å². The van der Waals surface area contributed by atoms with Gasteiger partial charge in [-0.05, 0) is 18.8 Å². The first-order chi connectivity index (χ1) is 6.25. The van der Waals surface area contributed by atoms with Crippen molar-refractivity contribution in [3.63, 3.8) is 0 Å². The first-order valence-corrected chi connectivity index (χ1v) is 5.04. The van der Waals surface area contributed by atoms with E-state index in [9.17, 15) is 0 Å². The molecule has 0 spiro atoms. The normalized spacial score (nSPS) is 29.0. The second-order valence-electron chi connectivity index (χ2n) is 4.17. The second kappa shape index (κ2) is 3.40. The van der Waals surface area contributed by atoms with Gasteiger partial charge in [0.1, 0.15) is 5.82 Å². The van der Waals surface area contributed by atoms with Crippen LogP contribution in [0.3, 0.4) is 0 Å². The molecule has 13 heavy (non-hydrogen) atoms. The molecule has 1 fully saturated rings. The number of anilines is 1. The van der Waals surface area contributed by atoms with Crippen molar-refractivity contribution in [1.29, 1.82) is 0 Å². The number of imidazole rings is 1. The average molecular weight is 179 g/mol. The van der Waals surface area contributed by atoms with Gasteiger partial charge in [0.15, 0.2) is 0 Å². The summed E-state index contributed by atoms with van der Waals surface area (Å²) in [5.74, 6) is 1.49. The molecule has 0 radical (unpaired) electrons. The lowest BCUT2D eigenvalue weighted by molar-refractivity contribution is 0.282. The molecule has 3 heteroatoms. The molecule has 0 amide bonds. The predicted octanol–water partition coefficient (Wildman–Crippen LogP) is 2.22. The largest absolute Gasteiger partial charge is 0.382 e. The molecular weight excluding hydrogens is 162 g/mol. The van der Waals surface area contributed by atoms with Crippen molar-refractivity contribution in [3.05, 3.63) is 12.5 Å². The molecule has 1 aliphatic carbocycles. The van der Waals surface area contributed by atoms with Crippen LogP contribution in [0.25, 0.3) is 0 Å². The van der Waals surface area contributed by atoms with Gasteiger partial charge >= 0.3 is 0 Å². The summed E-state index contributed by atoms with van der Waals surface area (Å²) in [5.41, 5.74) is 5.59. The monoisotopic (exact) mass is 179 g/mol. The van der Waals surface area contributed by atoms with Gasteiger partial charge in [0.05, 0.1) is 6.33 Å². The molecular formula is C10H17N3. The molecule has 1 heterocycles. The van der Waals surface area contributed by atoms with E-state index in [0.717, 1.165) is 5.92 Å². The fourth-order valence-electron chi connectivity index (χ4n) is 2.23. The topological polar surface area (TPSA) is 43.8 Å². The number of hydrogen-bond donors (Lipinski definition) is 1. The minimum atomic E-state index is 0.633. The summed E-state index contributed by atoms with van der Waals surface area (Å²) in [7, 11) is 0. The zero-order valence-electron chi connectivity index (χ0n) is 8.11. The highest BCUT2D eigenvalue weighted by Gasteiger charge is 2.19. The number of nitrogens with zero attached hydrogens (tertiary/aromatic N) is 2. The van der Waals surface area contributed by atoms with Crippen molar-refractivity contribution in [1.82, 2.24) is 9.55 Å². The Labute approximate surface area is 79.0 Å². The third kappa shape index (κ3) is 1.85. The lowest BCUT2D eigenvalue weighted by atomic mass is 9.87. The summed E-state index contributed by atoms with van der Waals surface area (Å²) < 4.78 is 2.17. The Morgan fingerprint density at radius 3 is 3.00 bits per heavy atom. The molecule has 1 aliphatic rings. The van der Waals surface area contributed by atoms with Crippen LogP contribution in [0, 0.1) is 5.92 Å². The molecule has 0 aliphatic heterocycles. The van der Waals surface area contributed by atoms with Crippen molar-refractivity contribution < 1.29 is 0 Å². The number of hydrogen-bond acceptors (Lipinski definition) is 2. The second-order valence-corrected chi connectivity index (χ2v) is 4.17. The van der Waals surface area contributed by atoms with Crippen LogP contribution in [0.15, 0.2) is 12.5 Å². The molecule has 1 aromatic heterocycles. The van der Waals surface area contributed by atoms with Gasteiger partial charge in [-0.15, -0.1) is 0 Å². The van der Waals surface area contributed by atoms with Crippen LogP contribution in [0.4, 0.5) is 5.82 Å². The highest BCUT2D eigenvalue weighted by Crippen LogP contribution is 2.32. The standard InChI is InChI=1S/C10H17N3/c1-8-3-2-4-9(5-8)13-6-10(11)12-7-13/h6-9H,2-5,11H2,1H3. The highest BCUT2D eigenvalue weighted by atomic mass is 15.1. The summed E-state index contributed by atoms with van der Waals surface area (Å²) in [6.07, 6.45) is 9.07. The van der Waals surface area contributed by atoms with Crippen LogP contribution in [-0.2, 0) is 0 Å². The van der Waals surface area contributed by atoms with E-state index in [4.69, 9.17) is 5.73 Å². The highest BCUT2D eigenvalue weighted by molar-refractivity contribution is 5.22. The fraction of sp³-hybridized carbons (Fsp3) is 0.700. The predicted molar refractivity (Wildman–Crippen MR) is 53.3 cm³/mol. The first-order valence-electron chi connectivity index (χ1n) is 5.04. The van der Waals surface area contributed by atoms with Crippen LogP contribution in [-0.4, -0.2) is 9.55 Å². The van der Waals surface area contributed by atoms with Crippen molar-refractivity contribution in [2.75, 3.05) is 5.73 Å². The van der Waals surface area contributed by atoms with E-state index in [2.05, 4.69) is 16.5 Å². The average Bonchev–Trinajstić information content (AvgIpc) is 2.52. The molecule has 2 N–H and O–H groups in total. The molecule has 2 rings (SSSR count). The third-order valence-electron chi connectivity index (χ3n) is 2.95. The minimum absolute atomic E-state index is 0.633. The summed E-state index contributed by atoms with van der Waals surface area (Å²) >= 11 is 0. The van der Waals surface area contributed by atoms with Crippen molar-refractivity contribution in [2.45, 2.75) is 38.6 Å². The van der Waals surface area contributed by atoms with E-state index >= 15 is 0 Å². The van der Waals surface area contributed by atoms with E-state index in [1.165, 1.54) is 25.7 Å². The molecule has 2 unspecified atom stereocenters. The van der Waals surface area contributed by atoms with Gasteiger partial charge in [0.2, 0.25) is 0 Å². The molecule has 0 bridgehead atoms. The Balaban J connectivity index is 2.08. The van der Waals surface area contributed by atoms with E-state index in [1.807, 2.05) is 12.5 Å². The zero-order valence-corrected chi connectivity index (χ0v) is 8.11. The van der Waals surface area contributed by atoms with Gasteiger partial charge in [-0.1, -0.05) is 19.8 Å². The molecule has 2 atom stereocenters. The maximum atomic E-state index is 5.59. The molecule has 1 saturated carbocycles. The fourth-order valence-corrected chi connectivity index (χ4v) is 2.23. The van der Waals surface area contributed by atoms with Crippen LogP contribution < -0.4 is 5.73 Å². The Bertz CT molecular complexity index is 279. The van der Waals surface area contributed by atoms with Crippen LogP contribution in [0.5, 0.6) is 0 Å². The van der Waals surface area contributed by atoms with Crippen LogP contribution in [0.1, 0.15) is 38.6 Å². The maximum Gasteiger partial charge on any atom is 0.141 e.